The Hall–Kier alpha value is -9.59. The Bertz CT molecular complexity index is 4290. The summed E-state index contributed by atoms with van der Waals surface area (Å²) in [5.41, 5.74) is 29.2. The molecular formula is C74H53B3N4O2. The highest BCUT2D eigenvalue weighted by atomic mass is 16.5. The summed E-state index contributed by atoms with van der Waals surface area (Å²) in [6, 6.07) is 89.3. The summed E-state index contributed by atoms with van der Waals surface area (Å²) in [5.74, 6) is 3.69. The molecule has 2 atom stereocenters. The Kier molecular flexibility index (Phi) is 9.69. The first-order valence-corrected chi connectivity index (χ1v) is 29.9. The summed E-state index contributed by atoms with van der Waals surface area (Å²) in [6.45, 7) is -0.258. The highest BCUT2D eigenvalue weighted by molar-refractivity contribution is 7.04. The van der Waals surface area contributed by atoms with Crippen LogP contribution in [0, 0.1) is 0 Å². The molecule has 19 rings (SSSR count). The first-order chi connectivity index (χ1) is 41.2. The zero-order valence-corrected chi connectivity index (χ0v) is 45.8. The van der Waals surface area contributed by atoms with Gasteiger partial charge in [0.1, 0.15) is 23.0 Å². The summed E-state index contributed by atoms with van der Waals surface area (Å²) < 4.78 is 14.9. The van der Waals surface area contributed by atoms with Crippen LogP contribution in [-0.2, 0) is 12.8 Å². The molecule has 6 nitrogen and oxygen atoms in total. The van der Waals surface area contributed by atoms with Crippen LogP contribution >= 0.6 is 0 Å². The van der Waals surface area contributed by atoms with E-state index >= 15 is 0 Å². The SMILES string of the molecule is c1ccc(N2c3ccccc3B3c4cc5c(cc4Oc4cccc2c43)N(C2CCCc3ccccc32)c2cccc3c2B5c2cc4c(cc2N3C2CCCc3ccccc32)Oc2cccc3c2B4c2ccccc2N3c2ccccc2)cc1. The second-order valence-corrected chi connectivity index (χ2v) is 23.9. The zero-order chi connectivity index (χ0) is 54.0. The minimum absolute atomic E-state index is 0.0663. The Morgan fingerprint density at radius 2 is 0.699 bits per heavy atom. The number of benzene rings is 11. The Balaban J connectivity index is 0.893. The molecule has 0 aromatic heterocycles. The lowest BCUT2D eigenvalue weighted by atomic mass is 9.29. The highest BCUT2D eigenvalue weighted by Crippen LogP contribution is 2.51. The van der Waals surface area contributed by atoms with Crippen LogP contribution in [0.4, 0.5) is 56.9 Å². The Labute approximate surface area is 485 Å². The monoisotopic (exact) mass is 1060 g/mol. The van der Waals surface area contributed by atoms with Gasteiger partial charge in [-0.15, -0.1) is 0 Å². The van der Waals surface area contributed by atoms with E-state index in [0.717, 1.165) is 84.3 Å². The summed E-state index contributed by atoms with van der Waals surface area (Å²) in [4.78, 5) is 10.4. The predicted octanol–water partition coefficient (Wildman–Crippen LogP) is 12.1. The lowest BCUT2D eigenvalue weighted by molar-refractivity contribution is 0.487. The topological polar surface area (TPSA) is 31.4 Å². The lowest BCUT2D eigenvalue weighted by Gasteiger charge is -2.50. The molecule has 2 aliphatic carbocycles. The third kappa shape index (κ3) is 6.42. The molecule has 0 saturated heterocycles. The van der Waals surface area contributed by atoms with Gasteiger partial charge < -0.3 is 29.1 Å². The maximum absolute atomic E-state index is 7.43. The molecule has 0 N–H and O–H groups in total. The fourth-order valence-corrected chi connectivity index (χ4v) is 16.6. The van der Waals surface area contributed by atoms with Gasteiger partial charge in [-0.05, 0) is 183 Å². The third-order valence-corrected chi connectivity index (χ3v) is 19.8. The summed E-state index contributed by atoms with van der Waals surface area (Å²) in [7, 11) is 0. The molecule has 6 aliphatic heterocycles. The number of para-hydroxylation sites is 4. The normalized spacial score (nSPS) is 17.4. The fraction of sp³-hybridized carbons (Fsp3) is 0.108. The first kappa shape index (κ1) is 46.1. The van der Waals surface area contributed by atoms with Crippen LogP contribution in [0.5, 0.6) is 23.0 Å². The number of anilines is 10. The molecule has 8 aliphatic rings. The predicted molar refractivity (Wildman–Crippen MR) is 344 cm³/mol. The van der Waals surface area contributed by atoms with E-state index in [2.05, 4.69) is 256 Å². The number of aryl methyl sites for hydroxylation is 2. The second-order valence-electron chi connectivity index (χ2n) is 23.9. The molecule has 83 heavy (non-hydrogen) atoms. The largest absolute Gasteiger partial charge is 0.458 e. The van der Waals surface area contributed by atoms with Gasteiger partial charge in [-0.2, -0.15) is 0 Å². The molecule has 0 radical (unpaired) electrons. The molecule has 11 aromatic carbocycles. The van der Waals surface area contributed by atoms with E-state index < -0.39 is 0 Å². The smallest absolute Gasteiger partial charge is 0.256 e. The Morgan fingerprint density at radius 1 is 0.301 bits per heavy atom. The van der Waals surface area contributed by atoms with E-state index in [1.165, 1.54) is 106 Å². The van der Waals surface area contributed by atoms with Gasteiger partial charge in [0, 0.05) is 69.0 Å². The number of rotatable bonds is 4. The average Bonchev–Trinajstić information content (AvgIpc) is 3.54. The van der Waals surface area contributed by atoms with Crippen molar-refractivity contribution < 1.29 is 9.47 Å². The number of ether oxygens (including phenoxy) is 2. The van der Waals surface area contributed by atoms with Crippen LogP contribution in [0.25, 0.3) is 0 Å². The van der Waals surface area contributed by atoms with Crippen molar-refractivity contribution in [2.45, 2.75) is 50.6 Å². The van der Waals surface area contributed by atoms with Crippen LogP contribution in [0.3, 0.4) is 0 Å². The standard InChI is InChI=1S/C74H53B3N4O2/c1-3-24-48(25-4-1)78-60-32-13-11-30-52(60)75-56-42-54-66(44-70(56)82-68-40-18-38-64(78)73(68)75)80(58-34-15-22-46-20-7-9-28-50(46)58)62-36-17-37-63-72(62)77(54)55-43-57-71(45-67(55)81(63)59-35-16-23-47-21-8-10-29-51(47)59)83-69-41-19-39-65-74(69)76(57)53-31-12-14-33-61(53)79(65)49-26-5-2-6-27-49/h1-14,17-21,24-33,36-45,58-59H,15-16,22-23,34-35H2. The maximum Gasteiger partial charge on any atom is 0.256 e. The maximum atomic E-state index is 7.43. The van der Waals surface area contributed by atoms with Crippen molar-refractivity contribution in [2.24, 2.45) is 0 Å². The van der Waals surface area contributed by atoms with Crippen LogP contribution in [0.15, 0.2) is 237 Å². The van der Waals surface area contributed by atoms with Crippen molar-refractivity contribution in [2.75, 3.05) is 19.6 Å². The van der Waals surface area contributed by atoms with Crippen LogP contribution < -0.4 is 78.2 Å². The number of hydrogen-bond acceptors (Lipinski definition) is 6. The average molecular weight is 1060 g/mol. The van der Waals surface area contributed by atoms with Crippen LogP contribution in [-0.4, -0.2) is 20.1 Å². The summed E-state index contributed by atoms with van der Waals surface area (Å²) in [5, 5.41) is 0. The fourth-order valence-electron chi connectivity index (χ4n) is 16.6. The van der Waals surface area contributed by atoms with E-state index in [4.69, 9.17) is 9.47 Å². The van der Waals surface area contributed by atoms with Gasteiger partial charge in [0.25, 0.3) is 20.1 Å². The minimum atomic E-state index is -0.125. The van der Waals surface area contributed by atoms with Gasteiger partial charge in [-0.25, -0.2) is 0 Å². The van der Waals surface area contributed by atoms with Gasteiger partial charge in [-0.3, -0.25) is 0 Å². The van der Waals surface area contributed by atoms with Gasteiger partial charge in [0.15, 0.2) is 0 Å². The van der Waals surface area contributed by atoms with Crippen molar-refractivity contribution in [3.05, 3.63) is 259 Å². The number of hydrogen-bond donors (Lipinski definition) is 0. The van der Waals surface area contributed by atoms with Crippen molar-refractivity contribution in [3.63, 3.8) is 0 Å². The molecule has 0 saturated carbocycles. The van der Waals surface area contributed by atoms with Crippen molar-refractivity contribution in [1.29, 1.82) is 0 Å². The van der Waals surface area contributed by atoms with E-state index in [1.807, 2.05) is 0 Å². The minimum Gasteiger partial charge on any atom is -0.458 e. The van der Waals surface area contributed by atoms with Crippen molar-refractivity contribution in [1.82, 2.24) is 0 Å². The number of fused-ring (bicyclic) bond motifs is 14. The molecule has 0 spiro atoms. The highest BCUT2D eigenvalue weighted by Gasteiger charge is 2.51. The van der Waals surface area contributed by atoms with Gasteiger partial charge in [0.2, 0.25) is 0 Å². The molecule has 0 bridgehead atoms. The van der Waals surface area contributed by atoms with Gasteiger partial charge >= 0.3 is 0 Å². The lowest BCUT2D eigenvalue weighted by Crippen LogP contribution is -2.66. The van der Waals surface area contributed by atoms with E-state index in [9.17, 15) is 0 Å². The third-order valence-electron chi connectivity index (χ3n) is 19.8. The quantitative estimate of drug-likeness (QED) is 0.163. The van der Waals surface area contributed by atoms with Crippen LogP contribution in [0.2, 0.25) is 0 Å². The molecule has 6 heterocycles. The van der Waals surface area contributed by atoms with Gasteiger partial charge in [-0.1, -0.05) is 152 Å². The van der Waals surface area contributed by atoms with E-state index in [-0.39, 0.29) is 32.2 Å². The van der Waals surface area contributed by atoms with Gasteiger partial charge in [0.05, 0.1) is 12.1 Å². The first-order valence-electron chi connectivity index (χ1n) is 29.9. The second kappa shape index (κ2) is 17.5. The Morgan fingerprint density at radius 3 is 1.19 bits per heavy atom. The number of nitrogens with zero attached hydrogens (tertiary/aromatic N) is 4. The zero-order valence-electron chi connectivity index (χ0n) is 45.8. The molecule has 2 unspecified atom stereocenters. The van der Waals surface area contributed by atoms with Crippen LogP contribution in [0.1, 0.15) is 60.0 Å². The molecular weight excluding hydrogens is 1010 g/mol. The molecule has 9 heteroatoms. The van der Waals surface area contributed by atoms with Crippen molar-refractivity contribution >= 4 is 126 Å². The molecule has 390 valence electrons. The molecule has 0 amide bonds. The van der Waals surface area contributed by atoms with Crippen molar-refractivity contribution in [3.8, 4) is 23.0 Å². The van der Waals surface area contributed by atoms with E-state index in [1.54, 1.807) is 0 Å². The summed E-state index contributed by atoms with van der Waals surface area (Å²) in [6.07, 6.45) is 6.51. The molecule has 0 fully saturated rings. The van der Waals surface area contributed by atoms with E-state index in [0.29, 0.717) is 0 Å². The molecule has 11 aromatic rings. The summed E-state index contributed by atoms with van der Waals surface area (Å²) >= 11 is 0.